The number of hydrogen-bond acceptors (Lipinski definition) is 0. The second-order valence-electron chi connectivity index (χ2n) is 1.95. The molecule has 1 aliphatic rings. The fourth-order valence-electron chi connectivity index (χ4n) is 0.621. The predicted octanol–water partition coefficient (Wildman–Crippen LogP) is 3.46. The van der Waals surface area contributed by atoms with E-state index in [1.54, 1.807) is 18.2 Å². The van der Waals surface area contributed by atoms with Crippen molar-refractivity contribution in [2.45, 2.75) is 9.71 Å². The van der Waals surface area contributed by atoms with Crippen LogP contribution in [0.15, 0.2) is 23.3 Å². The highest BCUT2D eigenvalue weighted by Gasteiger charge is 2.34. The maximum absolute atomic E-state index is 5.74. The molecule has 0 saturated heterocycles. The Morgan fingerprint density at radius 2 is 2.00 bits per heavy atom. The first-order valence-corrected chi connectivity index (χ1v) is 4.18. The van der Waals surface area contributed by atoms with Crippen molar-refractivity contribution in [3.05, 3.63) is 23.3 Å². The molecule has 0 bridgehead atoms. The fraction of sp³-hybridized carbons (Fsp3) is 0.333. The zero-order valence-electron chi connectivity index (χ0n) is 4.82. The average molecular weight is 218 g/mol. The Morgan fingerprint density at radius 3 is 2.40 bits per heavy atom. The first kappa shape index (κ1) is 8.73. The van der Waals surface area contributed by atoms with Crippen LogP contribution in [0.3, 0.4) is 0 Å². The number of allylic oxidation sites excluding steroid dienone is 4. The number of halogens is 4. The van der Waals surface area contributed by atoms with Gasteiger partial charge in [-0.3, -0.25) is 0 Å². The van der Waals surface area contributed by atoms with Crippen molar-refractivity contribution < 1.29 is 0 Å². The lowest BCUT2D eigenvalue weighted by atomic mass is 10.2. The van der Waals surface area contributed by atoms with Gasteiger partial charge in [0.2, 0.25) is 0 Å². The third-order valence-corrected chi connectivity index (χ3v) is 3.10. The normalized spacial score (nSPS) is 30.0. The van der Waals surface area contributed by atoms with Crippen molar-refractivity contribution in [3.63, 3.8) is 0 Å². The van der Waals surface area contributed by atoms with Crippen molar-refractivity contribution in [2.24, 2.45) is 0 Å². The maximum Gasteiger partial charge on any atom is 0.157 e. The second kappa shape index (κ2) is 2.94. The standard InChI is InChI=1S/C6H4Cl4/c7-4-2-1-3-6(9,10)5(4)8/h1-3,5H. The fourth-order valence-corrected chi connectivity index (χ4v) is 1.50. The molecule has 0 fully saturated rings. The summed E-state index contributed by atoms with van der Waals surface area (Å²) in [5.41, 5.74) is 0. The lowest BCUT2D eigenvalue weighted by molar-refractivity contribution is 0.954. The molecule has 1 aliphatic carbocycles. The summed E-state index contributed by atoms with van der Waals surface area (Å²) in [6.45, 7) is 0. The quantitative estimate of drug-likeness (QED) is 0.546. The van der Waals surface area contributed by atoms with E-state index in [0.717, 1.165) is 0 Å². The van der Waals surface area contributed by atoms with Crippen LogP contribution in [0.5, 0.6) is 0 Å². The molecule has 0 N–H and O–H groups in total. The molecule has 0 saturated carbocycles. The van der Waals surface area contributed by atoms with E-state index in [1.165, 1.54) is 0 Å². The molecule has 10 heavy (non-hydrogen) atoms. The molecule has 0 heterocycles. The molecule has 1 unspecified atom stereocenters. The number of hydrogen-bond donors (Lipinski definition) is 0. The van der Waals surface area contributed by atoms with Gasteiger partial charge in [0.15, 0.2) is 4.33 Å². The van der Waals surface area contributed by atoms with Crippen LogP contribution in [-0.2, 0) is 0 Å². The zero-order chi connectivity index (χ0) is 7.78. The van der Waals surface area contributed by atoms with Gasteiger partial charge >= 0.3 is 0 Å². The van der Waals surface area contributed by atoms with Crippen LogP contribution in [0, 0.1) is 0 Å². The van der Waals surface area contributed by atoms with Crippen LogP contribution >= 0.6 is 46.4 Å². The van der Waals surface area contributed by atoms with Gasteiger partial charge in [-0.1, -0.05) is 40.9 Å². The van der Waals surface area contributed by atoms with E-state index in [1.807, 2.05) is 0 Å². The Kier molecular flexibility index (Phi) is 2.57. The van der Waals surface area contributed by atoms with Gasteiger partial charge in [0.1, 0.15) is 5.38 Å². The molecular formula is C6H4Cl4. The van der Waals surface area contributed by atoms with Crippen molar-refractivity contribution >= 4 is 46.4 Å². The number of alkyl halides is 3. The van der Waals surface area contributed by atoms with E-state index in [-0.39, 0.29) is 0 Å². The van der Waals surface area contributed by atoms with Crippen LogP contribution < -0.4 is 0 Å². The molecule has 0 aliphatic heterocycles. The van der Waals surface area contributed by atoms with Crippen LogP contribution in [0.1, 0.15) is 0 Å². The average Bonchev–Trinajstić information content (AvgIpc) is 1.83. The molecule has 0 radical (unpaired) electrons. The third-order valence-electron chi connectivity index (χ3n) is 1.15. The molecule has 1 atom stereocenters. The van der Waals surface area contributed by atoms with Gasteiger partial charge in [-0.15, -0.1) is 11.6 Å². The Balaban J connectivity index is 2.89. The summed E-state index contributed by atoms with van der Waals surface area (Å²) in [6.07, 6.45) is 4.95. The van der Waals surface area contributed by atoms with E-state index in [2.05, 4.69) is 0 Å². The lowest BCUT2D eigenvalue weighted by Gasteiger charge is -2.23. The molecule has 0 aromatic carbocycles. The Bertz CT molecular complexity index is 192. The van der Waals surface area contributed by atoms with Crippen molar-refractivity contribution in [2.75, 3.05) is 0 Å². The Labute approximate surface area is 79.4 Å². The first-order chi connectivity index (χ1) is 4.54. The summed E-state index contributed by atoms with van der Waals surface area (Å²) in [5, 5.41) is -0.0725. The summed E-state index contributed by atoms with van der Waals surface area (Å²) in [7, 11) is 0. The van der Waals surface area contributed by atoms with Gasteiger partial charge < -0.3 is 0 Å². The summed E-state index contributed by atoms with van der Waals surface area (Å²) >= 11 is 22.9. The summed E-state index contributed by atoms with van der Waals surface area (Å²) < 4.78 is -1.06. The highest BCUT2D eigenvalue weighted by Crippen LogP contribution is 2.38. The summed E-state index contributed by atoms with van der Waals surface area (Å²) in [4.78, 5) is 0. The molecular weight excluding hydrogens is 214 g/mol. The molecule has 0 amide bonds. The number of rotatable bonds is 0. The van der Waals surface area contributed by atoms with Crippen LogP contribution in [0.2, 0.25) is 0 Å². The van der Waals surface area contributed by atoms with Gasteiger partial charge in [-0.2, -0.15) is 0 Å². The van der Waals surface area contributed by atoms with Crippen molar-refractivity contribution in [1.29, 1.82) is 0 Å². The van der Waals surface area contributed by atoms with Crippen LogP contribution in [0.4, 0.5) is 0 Å². The van der Waals surface area contributed by atoms with E-state index in [9.17, 15) is 0 Å². The van der Waals surface area contributed by atoms with Gasteiger partial charge in [0, 0.05) is 5.03 Å². The predicted molar refractivity (Wildman–Crippen MR) is 47.2 cm³/mol. The van der Waals surface area contributed by atoms with Crippen molar-refractivity contribution in [1.82, 2.24) is 0 Å². The molecule has 4 heteroatoms. The maximum atomic E-state index is 5.74. The Morgan fingerprint density at radius 1 is 1.40 bits per heavy atom. The van der Waals surface area contributed by atoms with E-state index >= 15 is 0 Å². The Hall–Kier alpha value is 0.640. The minimum absolute atomic E-state index is 0.467. The third kappa shape index (κ3) is 1.62. The van der Waals surface area contributed by atoms with Gasteiger partial charge in [0.05, 0.1) is 0 Å². The van der Waals surface area contributed by atoms with E-state index in [0.29, 0.717) is 5.03 Å². The first-order valence-electron chi connectivity index (χ1n) is 2.61. The second-order valence-corrected chi connectivity index (χ2v) is 4.26. The molecule has 1 rings (SSSR count). The lowest BCUT2D eigenvalue weighted by Crippen LogP contribution is -2.25. The highest BCUT2D eigenvalue weighted by molar-refractivity contribution is 6.56. The largest absolute Gasteiger partial charge is 0.157 e. The van der Waals surface area contributed by atoms with E-state index in [4.69, 9.17) is 46.4 Å². The van der Waals surface area contributed by atoms with E-state index < -0.39 is 9.71 Å². The van der Waals surface area contributed by atoms with Gasteiger partial charge in [0.25, 0.3) is 0 Å². The van der Waals surface area contributed by atoms with Crippen molar-refractivity contribution in [3.8, 4) is 0 Å². The summed E-state index contributed by atoms with van der Waals surface area (Å²) in [5.74, 6) is 0. The van der Waals surface area contributed by atoms with Crippen LogP contribution in [0.25, 0.3) is 0 Å². The molecule has 0 aromatic rings. The molecule has 56 valence electrons. The van der Waals surface area contributed by atoms with Crippen LogP contribution in [-0.4, -0.2) is 9.71 Å². The SMILES string of the molecule is ClC1=CC=CC(Cl)(Cl)C1Cl. The van der Waals surface area contributed by atoms with Gasteiger partial charge in [-0.25, -0.2) is 0 Å². The minimum atomic E-state index is -1.06. The highest BCUT2D eigenvalue weighted by atomic mass is 35.5. The topological polar surface area (TPSA) is 0 Å². The molecule has 0 aromatic heterocycles. The van der Waals surface area contributed by atoms with Gasteiger partial charge in [-0.05, 0) is 12.2 Å². The molecule has 0 nitrogen and oxygen atoms in total. The molecule has 0 spiro atoms. The monoisotopic (exact) mass is 216 g/mol. The minimum Gasteiger partial charge on any atom is -0.113 e. The summed E-state index contributed by atoms with van der Waals surface area (Å²) in [6, 6.07) is 0. The smallest absolute Gasteiger partial charge is 0.113 e. The zero-order valence-corrected chi connectivity index (χ0v) is 7.84.